The Balaban J connectivity index is 2.10. The van der Waals surface area contributed by atoms with Crippen LogP contribution in [0.4, 0.5) is 0 Å². The van der Waals surface area contributed by atoms with Gasteiger partial charge in [-0.25, -0.2) is 0 Å². The van der Waals surface area contributed by atoms with Crippen LogP contribution in [0, 0.1) is 0 Å². The van der Waals surface area contributed by atoms with Gasteiger partial charge >= 0.3 is 0 Å². The van der Waals surface area contributed by atoms with Gasteiger partial charge in [0.2, 0.25) is 0 Å². The number of rotatable bonds is 4. The fraction of sp³-hybridized carbons (Fsp3) is 0.667. The van der Waals surface area contributed by atoms with E-state index in [4.69, 9.17) is 4.74 Å². The predicted octanol–water partition coefficient (Wildman–Crippen LogP) is 1.79. The predicted molar refractivity (Wildman–Crippen MR) is 71.9 cm³/mol. The molecule has 0 spiro atoms. The topological polar surface area (TPSA) is 56.2 Å². The molecule has 18 heavy (non-hydrogen) atoms. The molecule has 1 unspecified atom stereocenters. The third-order valence-electron chi connectivity index (χ3n) is 2.93. The first-order valence-corrected chi connectivity index (χ1v) is 6.96. The fourth-order valence-electron chi connectivity index (χ4n) is 2.06. The van der Waals surface area contributed by atoms with Gasteiger partial charge < -0.3 is 10.1 Å². The van der Waals surface area contributed by atoms with Gasteiger partial charge in [0.1, 0.15) is 5.69 Å². The number of nitrogens with zero attached hydrogens (tertiary/aromatic N) is 2. The van der Waals surface area contributed by atoms with Gasteiger partial charge in [-0.1, -0.05) is 0 Å². The van der Waals surface area contributed by atoms with E-state index in [1.54, 1.807) is 10.9 Å². The van der Waals surface area contributed by atoms with Crippen molar-refractivity contribution in [2.45, 2.75) is 32.4 Å². The lowest BCUT2D eigenvalue weighted by Gasteiger charge is -2.23. The molecule has 100 valence electrons. The highest BCUT2D eigenvalue weighted by atomic mass is 79.9. The summed E-state index contributed by atoms with van der Waals surface area (Å²) in [5, 5.41) is 7.52. The molecule has 0 aromatic carbocycles. The molecule has 1 aliphatic rings. The van der Waals surface area contributed by atoms with Crippen molar-refractivity contribution in [3.8, 4) is 0 Å². The summed E-state index contributed by atoms with van der Waals surface area (Å²) >= 11 is 3.40. The van der Waals surface area contributed by atoms with Crippen molar-refractivity contribution in [3.05, 3.63) is 16.4 Å². The summed E-state index contributed by atoms with van der Waals surface area (Å²) in [6.45, 7) is 6.15. The van der Waals surface area contributed by atoms with Gasteiger partial charge in [0, 0.05) is 25.0 Å². The van der Waals surface area contributed by atoms with Crippen LogP contribution in [0.2, 0.25) is 0 Å². The fourth-order valence-corrected chi connectivity index (χ4v) is 2.56. The zero-order valence-electron chi connectivity index (χ0n) is 10.6. The molecule has 1 N–H and O–H groups in total. The number of ether oxygens (including phenoxy) is 1. The second kappa shape index (κ2) is 5.95. The number of halogens is 1. The third-order valence-corrected chi connectivity index (χ3v) is 3.51. The normalized spacial score (nSPS) is 20.3. The highest BCUT2D eigenvalue weighted by Crippen LogP contribution is 2.21. The number of carbonyl (C=O) groups excluding carboxylic acids is 1. The summed E-state index contributed by atoms with van der Waals surface area (Å²) in [6.07, 6.45) is 2.12. The van der Waals surface area contributed by atoms with Crippen molar-refractivity contribution in [1.29, 1.82) is 0 Å². The van der Waals surface area contributed by atoms with Gasteiger partial charge in [0.05, 0.1) is 23.9 Å². The molecular formula is C12H18BrN3O2. The standard InChI is InChI=1S/C12H18BrN3O2/c1-8(2)16-12(10(13)6-15-16)11(17)5-9-7-18-4-3-14-9/h6,8-9,14H,3-5,7H2,1-2H3. The van der Waals surface area contributed by atoms with E-state index >= 15 is 0 Å². The molecule has 0 amide bonds. The Bertz CT molecular complexity index is 425. The van der Waals surface area contributed by atoms with Crippen molar-refractivity contribution in [2.24, 2.45) is 0 Å². The number of hydrogen-bond donors (Lipinski definition) is 1. The molecule has 1 fully saturated rings. The molecule has 2 rings (SSSR count). The van der Waals surface area contributed by atoms with E-state index in [0.717, 1.165) is 17.6 Å². The molecule has 0 saturated carbocycles. The minimum absolute atomic E-state index is 0.0936. The van der Waals surface area contributed by atoms with E-state index in [1.165, 1.54) is 0 Å². The number of ketones is 1. The smallest absolute Gasteiger partial charge is 0.183 e. The van der Waals surface area contributed by atoms with E-state index in [1.807, 2.05) is 13.8 Å². The van der Waals surface area contributed by atoms with Crippen LogP contribution in [-0.4, -0.2) is 41.4 Å². The zero-order chi connectivity index (χ0) is 13.1. The second-order valence-electron chi connectivity index (χ2n) is 4.73. The van der Waals surface area contributed by atoms with E-state index in [0.29, 0.717) is 18.7 Å². The summed E-state index contributed by atoms with van der Waals surface area (Å²) in [5.74, 6) is 0.0936. The van der Waals surface area contributed by atoms with E-state index in [2.05, 4.69) is 26.3 Å². The number of Topliss-reactive ketones (excluding diaryl/α,β-unsaturated/α-hetero) is 1. The lowest BCUT2D eigenvalue weighted by atomic mass is 10.1. The lowest BCUT2D eigenvalue weighted by Crippen LogP contribution is -2.42. The Labute approximate surface area is 115 Å². The van der Waals surface area contributed by atoms with Gasteiger partial charge in [0.15, 0.2) is 5.78 Å². The first-order chi connectivity index (χ1) is 8.59. The highest BCUT2D eigenvalue weighted by molar-refractivity contribution is 9.10. The Hall–Kier alpha value is -0.720. The lowest BCUT2D eigenvalue weighted by molar-refractivity contribution is 0.0671. The Kier molecular flexibility index (Phi) is 4.53. The molecule has 0 aliphatic carbocycles. The third kappa shape index (κ3) is 2.99. The van der Waals surface area contributed by atoms with Crippen LogP contribution < -0.4 is 5.32 Å². The van der Waals surface area contributed by atoms with Crippen molar-refractivity contribution in [1.82, 2.24) is 15.1 Å². The summed E-state index contributed by atoms with van der Waals surface area (Å²) in [5.41, 5.74) is 0.650. The molecule has 1 atom stereocenters. The first kappa shape index (κ1) is 13.7. The molecule has 6 heteroatoms. The van der Waals surface area contributed by atoms with Crippen LogP contribution in [0.25, 0.3) is 0 Å². The summed E-state index contributed by atoms with van der Waals surface area (Å²) in [4.78, 5) is 12.3. The largest absolute Gasteiger partial charge is 0.378 e. The first-order valence-electron chi connectivity index (χ1n) is 6.17. The molecule has 2 heterocycles. The van der Waals surface area contributed by atoms with Crippen LogP contribution >= 0.6 is 15.9 Å². The van der Waals surface area contributed by atoms with Gasteiger partial charge in [-0.2, -0.15) is 5.10 Å². The van der Waals surface area contributed by atoms with Crippen LogP contribution in [0.1, 0.15) is 36.8 Å². The van der Waals surface area contributed by atoms with Gasteiger partial charge in [0.25, 0.3) is 0 Å². The molecule has 1 aliphatic heterocycles. The Morgan fingerprint density at radius 2 is 2.50 bits per heavy atom. The quantitative estimate of drug-likeness (QED) is 0.861. The average Bonchev–Trinajstić information content (AvgIpc) is 2.72. The van der Waals surface area contributed by atoms with Crippen molar-refractivity contribution in [3.63, 3.8) is 0 Å². The maximum Gasteiger partial charge on any atom is 0.183 e. The minimum atomic E-state index is 0.0936. The SMILES string of the molecule is CC(C)n1ncc(Br)c1C(=O)CC1COCCN1. The van der Waals surface area contributed by atoms with Gasteiger partial charge in [-0.15, -0.1) is 0 Å². The molecule has 1 saturated heterocycles. The number of aromatic nitrogens is 2. The monoisotopic (exact) mass is 315 g/mol. The minimum Gasteiger partial charge on any atom is -0.378 e. The molecule has 0 bridgehead atoms. The zero-order valence-corrected chi connectivity index (χ0v) is 12.2. The Morgan fingerprint density at radius 1 is 1.72 bits per heavy atom. The van der Waals surface area contributed by atoms with Crippen LogP contribution in [0.15, 0.2) is 10.7 Å². The second-order valence-corrected chi connectivity index (χ2v) is 5.59. The number of nitrogens with one attached hydrogen (secondary N) is 1. The molecule has 1 aromatic heterocycles. The molecular weight excluding hydrogens is 298 g/mol. The summed E-state index contributed by atoms with van der Waals surface area (Å²) in [6, 6.07) is 0.277. The summed E-state index contributed by atoms with van der Waals surface area (Å²) < 4.78 is 7.88. The van der Waals surface area contributed by atoms with E-state index in [-0.39, 0.29) is 17.9 Å². The number of morpholine rings is 1. The number of carbonyl (C=O) groups is 1. The van der Waals surface area contributed by atoms with Crippen LogP contribution in [-0.2, 0) is 4.74 Å². The molecule has 5 nitrogen and oxygen atoms in total. The van der Waals surface area contributed by atoms with Crippen molar-refractivity contribution < 1.29 is 9.53 Å². The van der Waals surface area contributed by atoms with Crippen molar-refractivity contribution >= 4 is 21.7 Å². The summed E-state index contributed by atoms with van der Waals surface area (Å²) in [7, 11) is 0. The van der Waals surface area contributed by atoms with Crippen LogP contribution in [0.3, 0.4) is 0 Å². The van der Waals surface area contributed by atoms with Gasteiger partial charge in [-0.05, 0) is 29.8 Å². The number of hydrogen-bond acceptors (Lipinski definition) is 4. The highest BCUT2D eigenvalue weighted by Gasteiger charge is 2.23. The molecule has 1 aromatic rings. The Morgan fingerprint density at radius 3 is 3.11 bits per heavy atom. The average molecular weight is 316 g/mol. The van der Waals surface area contributed by atoms with Crippen LogP contribution in [0.5, 0.6) is 0 Å². The van der Waals surface area contributed by atoms with Crippen molar-refractivity contribution in [2.75, 3.05) is 19.8 Å². The maximum atomic E-state index is 12.3. The maximum absolute atomic E-state index is 12.3. The van der Waals surface area contributed by atoms with Gasteiger partial charge in [-0.3, -0.25) is 9.48 Å². The van der Waals surface area contributed by atoms with E-state index < -0.39 is 0 Å². The van der Waals surface area contributed by atoms with E-state index in [9.17, 15) is 4.79 Å². The molecule has 0 radical (unpaired) electrons.